The van der Waals surface area contributed by atoms with Gasteiger partial charge in [-0.05, 0) is 43.5 Å². The maximum Gasteiger partial charge on any atom is 0.124 e. The van der Waals surface area contributed by atoms with Crippen LogP contribution >= 0.6 is 0 Å². The Morgan fingerprint density at radius 2 is 2.05 bits per heavy atom. The topological polar surface area (TPSA) is 30.5 Å². The van der Waals surface area contributed by atoms with Crippen LogP contribution in [0.3, 0.4) is 0 Å². The molecule has 1 aromatic carbocycles. The number of benzene rings is 1. The van der Waals surface area contributed by atoms with E-state index in [4.69, 9.17) is 9.47 Å². The van der Waals surface area contributed by atoms with Gasteiger partial charge in [0, 0.05) is 18.0 Å². The second-order valence-corrected chi connectivity index (χ2v) is 6.30. The number of nitrogens with one attached hydrogen (secondary N) is 1. The van der Waals surface area contributed by atoms with Gasteiger partial charge in [0.15, 0.2) is 0 Å². The molecule has 0 aromatic heterocycles. The van der Waals surface area contributed by atoms with E-state index in [2.05, 4.69) is 24.4 Å². The average molecular weight is 289 g/mol. The first kappa shape index (κ1) is 14.7. The Hall–Kier alpha value is -1.22. The third kappa shape index (κ3) is 3.18. The van der Waals surface area contributed by atoms with Crippen LogP contribution in [0, 0.1) is 5.92 Å². The van der Waals surface area contributed by atoms with E-state index in [0.717, 1.165) is 30.4 Å². The van der Waals surface area contributed by atoms with Crippen LogP contribution in [0.2, 0.25) is 0 Å². The van der Waals surface area contributed by atoms with Gasteiger partial charge in [-0.15, -0.1) is 0 Å². The molecule has 1 heterocycles. The molecule has 3 rings (SSSR count). The maximum atomic E-state index is 6.35. The van der Waals surface area contributed by atoms with Crippen LogP contribution in [0.1, 0.15) is 57.1 Å². The second-order valence-electron chi connectivity index (χ2n) is 6.30. The van der Waals surface area contributed by atoms with Gasteiger partial charge >= 0.3 is 0 Å². The van der Waals surface area contributed by atoms with Gasteiger partial charge in [0.25, 0.3) is 0 Å². The third-order valence-electron chi connectivity index (χ3n) is 4.96. The fraction of sp³-hybridized carbons (Fsp3) is 0.667. The lowest BCUT2D eigenvalue weighted by Gasteiger charge is -2.38. The molecule has 1 saturated carbocycles. The molecule has 116 valence electrons. The van der Waals surface area contributed by atoms with Crippen LogP contribution < -0.4 is 14.8 Å². The zero-order valence-electron chi connectivity index (χ0n) is 13.2. The third-order valence-corrected chi connectivity index (χ3v) is 4.96. The number of rotatable bonds is 4. The predicted molar refractivity (Wildman–Crippen MR) is 85.0 cm³/mol. The van der Waals surface area contributed by atoms with Crippen molar-refractivity contribution in [3.8, 4) is 11.5 Å². The molecule has 0 amide bonds. The normalized spacial score (nSPS) is 26.0. The molecule has 2 atom stereocenters. The Bertz CT molecular complexity index is 468. The van der Waals surface area contributed by atoms with Crippen molar-refractivity contribution in [3.05, 3.63) is 23.8 Å². The molecular weight excluding hydrogens is 262 g/mol. The summed E-state index contributed by atoms with van der Waals surface area (Å²) in [5, 5.41) is 3.63. The lowest BCUT2D eigenvalue weighted by molar-refractivity contribution is 0.0729. The SMILES string of the molecule is CCNC1CC(C2CCCCC2)Oc2ccc(OC)cc21. The van der Waals surface area contributed by atoms with E-state index >= 15 is 0 Å². The van der Waals surface area contributed by atoms with Gasteiger partial charge in [-0.3, -0.25) is 0 Å². The molecule has 0 radical (unpaired) electrons. The molecule has 1 N–H and O–H groups in total. The molecular formula is C18H27NO2. The van der Waals surface area contributed by atoms with Crippen molar-refractivity contribution in [2.24, 2.45) is 5.92 Å². The fourth-order valence-electron chi connectivity index (χ4n) is 3.84. The number of hydrogen-bond acceptors (Lipinski definition) is 3. The van der Waals surface area contributed by atoms with Crippen LogP contribution in [-0.2, 0) is 0 Å². The van der Waals surface area contributed by atoms with Gasteiger partial charge in [-0.25, -0.2) is 0 Å². The smallest absolute Gasteiger partial charge is 0.124 e. The predicted octanol–water partition coefficient (Wildman–Crippen LogP) is 4.08. The van der Waals surface area contributed by atoms with Crippen molar-refractivity contribution >= 4 is 0 Å². The summed E-state index contributed by atoms with van der Waals surface area (Å²) in [5.74, 6) is 2.69. The highest BCUT2D eigenvalue weighted by molar-refractivity contribution is 5.43. The van der Waals surface area contributed by atoms with E-state index in [-0.39, 0.29) is 0 Å². The van der Waals surface area contributed by atoms with Crippen molar-refractivity contribution in [3.63, 3.8) is 0 Å². The van der Waals surface area contributed by atoms with Crippen LogP contribution in [0.5, 0.6) is 11.5 Å². The molecule has 0 saturated heterocycles. The molecule has 3 nitrogen and oxygen atoms in total. The Morgan fingerprint density at radius 3 is 2.76 bits per heavy atom. The summed E-state index contributed by atoms with van der Waals surface area (Å²) in [5.41, 5.74) is 1.25. The lowest BCUT2D eigenvalue weighted by Crippen LogP contribution is -2.38. The van der Waals surface area contributed by atoms with E-state index in [1.54, 1.807) is 7.11 Å². The standard InChI is InChI=1S/C18H27NO2/c1-3-19-16-12-18(13-7-5-4-6-8-13)21-17-10-9-14(20-2)11-15(16)17/h9-11,13,16,18-19H,3-8,12H2,1-2H3. The first-order valence-corrected chi connectivity index (χ1v) is 8.39. The van der Waals surface area contributed by atoms with Gasteiger partial charge in [-0.1, -0.05) is 26.2 Å². The molecule has 0 bridgehead atoms. The highest BCUT2D eigenvalue weighted by Crippen LogP contribution is 2.41. The minimum absolute atomic E-state index is 0.371. The Morgan fingerprint density at radius 1 is 1.24 bits per heavy atom. The first-order valence-electron chi connectivity index (χ1n) is 8.39. The highest BCUT2D eigenvalue weighted by atomic mass is 16.5. The zero-order valence-corrected chi connectivity index (χ0v) is 13.2. The maximum absolute atomic E-state index is 6.35. The summed E-state index contributed by atoms with van der Waals surface area (Å²) in [4.78, 5) is 0. The number of hydrogen-bond donors (Lipinski definition) is 1. The number of methoxy groups -OCH3 is 1. The summed E-state index contributed by atoms with van der Waals surface area (Å²) in [6, 6.07) is 6.60. The lowest BCUT2D eigenvalue weighted by atomic mass is 9.81. The monoisotopic (exact) mass is 289 g/mol. The molecule has 1 aliphatic carbocycles. The first-order chi connectivity index (χ1) is 10.3. The summed E-state index contributed by atoms with van der Waals surface area (Å²) in [6.45, 7) is 3.16. The van der Waals surface area contributed by atoms with Gasteiger partial charge in [0.05, 0.1) is 7.11 Å². The van der Waals surface area contributed by atoms with Gasteiger partial charge in [-0.2, -0.15) is 0 Å². The molecule has 21 heavy (non-hydrogen) atoms. The Balaban J connectivity index is 1.82. The summed E-state index contributed by atoms with van der Waals surface area (Å²) in [6.07, 6.45) is 8.24. The van der Waals surface area contributed by atoms with Crippen molar-refractivity contribution in [1.82, 2.24) is 5.32 Å². The van der Waals surface area contributed by atoms with E-state index < -0.39 is 0 Å². The van der Waals surface area contributed by atoms with Crippen LogP contribution in [0.4, 0.5) is 0 Å². The minimum Gasteiger partial charge on any atom is -0.497 e. The summed E-state index contributed by atoms with van der Waals surface area (Å²) >= 11 is 0. The van der Waals surface area contributed by atoms with Crippen LogP contribution in [-0.4, -0.2) is 19.8 Å². The van der Waals surface area contributed by atoms with Crippen molar-refractivity contribution < 1.29 is 9.47 Å². The molecule has 1 fully saturated rings. The Kier molecular flexibility index (Phi) is 4.69. The van der Waals surface area contributed by atoms with Crippen LogP contribution in [0.15, 0.2) is 18.2 Å². The van der Waals surface area contributed by atoms with Gasteiger partial charge in [0.2, 0.25) is 0 Å². The van der Waals surface area contributed by atoms with Crippen LogP contribution in [0.25, 0.3) is 0 Å². The minimum atomic E-state index is 0.371. The van der Waals surface area contributed by atoms with Gasteiger partial charge < -0.3 is 14.8 Å². The molecule has 3 heteroatoms. The van der Waals surface area contributed by atoms with Crippen molar-refractivity contribution in [1.29, 1.82) is 0 Å². The quantitative estimate of drug-likeness (QED) is 0.906. The largest absolute Gasteiger partial charge is 0.497 e. The molecule has 1 aromatic rings. The number of fused-ring (bicyclic) bond motifs is 1. The molecule has 2 aliphatic rings. The van der Waals surface area contributed by atoms with E-state index in [1.807, 2.05) is 6.07 Å². The average Bonchev–Trinajstić information content (AvgIpc) is 2.55. The zero-order chi connectivity index (χ0) is 14.7. The van der Waals surface area contributed by atoms with E-state index in [1.165, 1.54) is 37.7 Å². The fourth-order valence-corrected chi connectivity index (χ4v) is 3.84. The van der Waals surface area contributed by atoms with Gasteiger partial charge in [0.1, 0.15) is 17.6 Å². The molecule has 1 aliphatic heterocycles. The molecule has 0 spiro atoms. The van der Waals surface area contributed by atoms with E-state index in [0.29, 0.717) is 12.1 Å². The van der Waals surface area contributed by atoms with Crippen molar-refractivity contribution in [2.45, 2.75) is 57.6 Å². The molecule has 2 unspecified atom stereocenters. The second kappa shape index (κ2) is 6.69. The van der Waals surface area contributed by atoms with E-state index in [9.17, 15) is 0 Å². The number of ether oxygens (including phenoxy) is 2. The van der Waals surface area contributed by atoms with Crippen molar-refractivity contribution in [2.75, 3.05) is 13.7 Å². The summed E-state index contributed by atoms with van der Waals surface area (Å²) < 4.78 is 11.7. The summed E-state index contributed by atoms with van der Waals surface area (Å²) in [7, 11) is 1.72. The Labute approximate surface area is 128 Å². The highest BCUT2D eigenvalue weighted by Gasteiger charge is 2.33.